The van der Waals surface area contributed by atoms with Crippen molar-refractivity contribution in [3.63, 3.8) is 0 Å². The number of hydrogen-bond donors (Lipinski definition) is 2. The van der Waals surface area contributed by atoms with Crippen LogP contribution in [0.2, 0.25) is 0 Å². The van der Waals surface area contributed by atoms with Crippen LogP contribution in [0.4, 0.5) is 0 Å². The molecule has 2 heterocycles. The molecule has 86 valence electrons. The molecule has 0 radical (unpaired) electrons. The van der Waals surface area contributed by atoms with Crippen molar-refractivity contribution in [3.05, 3.63) is 0 Å². The summed E-state index contributed by atoms with van der Waals surface area (Å²) in [4.78, 5) is 14.0. The van der Waals surface area contributed by atoms with Gasteiger partial charge in [0, 0.05) is 32.7 Å². The van der Waals surface area contributed by atoms with Crippen LogP contribution >= 0.6 is 0 Å². The summed E-state index contributed by atoms with van der Waals surface area (Å²) in [5.74, 6) is 0.144. The fourth-order valence-corrected chi connectivity index (χ4v) is 1.99. The van der Waals surface area contributed by atoms with Gasteiger partial charge in [-0.25, -0.2) is 0 Å². The van der Waals surface area contributed by atoms with E-state index in [1.807, 2.05) is 4.90 Å². The lowest BCUT2D eigenvalue weighted by atomic mass is 10.2. The Balaban J connectivity index is 1.87. The lowest BCUT2D eigenvalue weighted by Crippen LogP contribution is -2.50. The Morgan fingerprint density at radius 3 is 2.93 bits per heavy atom. The molecule has 0 aromatic heterocycles. The molecule has 5 nitrogen and oxygen atoms in total. The van der Waals surface area contributed by atoms with Gasteiger partial charge in [-0.15, -0.1) is 0 Å². The summed E-state index contributed by atoms with van der Waals surface area (Å²) in [6.45, 7) is 5.71. The normalized spacial score (nSPS) is 28.5. The van der Waals surface area contributed by atoms with Crippen LogP contribution in [-0.4, -0.2) is 62.8 Å². The second kappa shape index (κ2) is 5.44. The topological polar surface area (TPSA) is 53.6 Å². The molecule has 2 rings (SSSR count). The Bertz CT molecular complexity index is 209. The molecule has 2 N–H and O–H groups in total. The molecule has 0 saturated carbocycles. The second-order valence-electron chi connectivity index (χ2n) is 3.99. The molecular formula is C10H19N3O2. The predicted molar refractivity (Wildman–Crippen MR) is 56.7 cm³/mol. The van der Waals surface area contributed by atoms with Crippen LogP contribution in [0.1, 0.15) is 6.42 Å². The third-order valence-electron chi connectivity index (χ3n) is 2.85. The third-order valence-corrected chi connectivity index (χ3v) is 2.85. The number of ether oxygens (including phenoxy) is 1. The van der Waals surface area contributed by atoms with Gasteiger partial charge in [-0.2, -0.15) is 0 Å². The van der Waals surface area contributed by atoms with Crippen LogP contribution in [-0.2, 0) is 9.53 Å². The Labute approximate surface area is 90.1 Å². The van der Waals surface area contributed by atoms with Crippen LogP contribution in [0.3, 0.4) is 0 Å². The smallest absolute Gasteiger partial charge is 0.253 e. The van der Waals surface area contributed by atoms with E-state index in [2.05, 4.69) is 10.6 Å². The largest absolute Gasteiger partial charge is 0.366 e. The fraction of sp³-hybridized carbons (Fsp3) is 0.900. The molecule has 0 aliphatic carbocycles. The lowest BCUT2D eigenvalue weighted by Gasteiger charge is -2.28. The van der Waals surface area contributed by atoms with Gasteiger partial charge in [0.2, 0.25) is 0 Å². The Morgan fingerprint density at radius 1 is 1.20 bits per heavy atom. The van der Waals surface area contributed by atoms with Gasteiger partial charge in [0.05, 0.1) is 6.61 Å². The highest BCUT2D eigenvalue weighted by molar-refractivity contribution is 5.81. The highest BCUT2D eigenvalue weighted by atomic mass is 16.5. The summed E-state index contributed by atoms with van der Waals surface area (Å²) < 4.78 is 5.46. The van der Waals surface area contributed by atoms with E-state index in [1.54, 1.807) is 0 Å². The molecule has 0 aromatic carbocycles. The van der Waals surface area contributed by atoms with Crippen molar-refractivity contribution in [3.8, 4) is 0 Å². The summed E-state index contributed by atoms with van der Waals surface area (Å²) in [7, 11) is 0. The summed E-state index contributed by atoms with van der Waals surface area (Å²) in [5, 5.41) is 6.47. The number of amides is 1. The molecular weight excluding hydrogens is 194 g/mol. The van der Waals surface area contributed by atoms with E-state index < -0.39 is 0 Å². The zero-order valence-corrected chi connectivity index (χ0v) is 9.00. The van der Waals surface area contributed by atoms with Crippen molar-refractivity contribution in [2.75, 3.05) is 45.9 Å². The van der Waals surface area contributed by atoms with Crippen molar-refractivity contribution in [2.24, 2.45) is 0 Å². The monoisotopic (exact) mass is 213 g/mol. The van der Waals surface area contributed by atoms with Gasteiger partial charge in [-0.1, -0.05) is 0 Å². The van der Waals surface area contributed by atoms with Crippen molar-refractivity contribution in [1.82, 2.24) is 15.5 Å². The first-order valence-corrected chi connectivity index (χ1v) is 5.70. The summed E-state index contributed by atoms with van der Waals surface area (Å²) in [5.41, 5.74) is 0. The van der Waals surface area contributed by atoms with Gasteiger partial charge in [0.15, 0.2) is 0 Å². The predicted octanol–water partition coefficient (Wildman–Crippen LogP) is -1.20. The average molecular weight is 213 g/mol. The van der Waals surface area contributed by atoms with Crippen LogP contribution in [0, 0.1) is 0 Å². The Kier molecular flexibility index (Phi) is 3.94. The van der Waals surface area contributed by atoms with Crippen LogP contribution in [0.25, 0.3) is 0 Å². The molecule has 2 fully saturated rings. The maximum atomic E-state index is 12.0. The molecule has 2 aliphatic rings. The zero-order valence-electron chi connectivity index (χ0n) is 9.00. The Morgan fingerprint density at radius 2 is 2.13 bits per heavy atom. The van der Waals surface area contributed by atoms with E-state index in [4.69, 9.17) is 4.74 Å². The van der Waals surface area contributed by atoms with Gasteiger partial charge in [0.25, 0.3) is 5.91 Å². The standard InChI is InChI=1S/C10H19N3O2/c14-10(9-8-12-4-7-15-9)13-5-1-2-11-3-6-13/h9,11-12H,1-8H2. The Hall–Kier alpha value is -0.650. The minimum absolute atomic E-state index is 0.144. The van der Waals surface area contributed by atoms with E-state index in [0.29, 0.717) is 13.2 Å². The van der Waals surface area contributed by atoms with Crippen LogP contribution in [0.5, 0.6) is 0 Å². The van der Waals surface area contributed by atoms with E-state index in [-0.39, 0.29) is 12.0 Å². The number of nitrogens with one attached hydrogen (secondary N) is 2. The van der Waals surface area contributed by atoms with E-state index >= 15 is 0 Å². The zero-order chi connectivity index (χ0) is 10.5. The molecule has 1 amide bonds. The molecule has 2 aliphatic heterocycles. The van der Waals surface area contributed by atoms with Crippen molar-refractivity contribution in [2.45, 2.75) is 12.5 Å². The number of carbonyl (C=O) groups excluding carboxylic acids is 1. The van der Waals surface area contributed by atoms with Gasteiger partial charge >= 0.3 is 0 Å². The molecule has 5 heteroatoms. The first kappa shape index (κ1) is 10.9. The van der Waals surface area contributed by atoms with Crippen molar-refractivity contribution < 1.29 is 9.53 Å². The first-order chi connectivity index (χ1) is 7.38. The maximum absolute atomic E-state index is 12.0. The summed E-state index contributed by atoms with van der Waals surface area (Å²) in [6, 6.07) is 0. The first-order valence-electron chi connectivity index (χ1n) is 5.70. The highest BCUT2D eigenvalue weighted by Crippen LogP contribution is 2.04. The van der Waals surface area contributed by atoms with E-state index in [1.165, 1.54) is 0 Å². The van der Waals surface area contributed by atoms with Crippen LogP contribution < -0.4 is 10.6 Å². The number of rotatable bonds is 1. The minimum Gasteiger partial charge on any atom is -0.366 e. The average Bonchev–Trinajstić information content (AvgIpc) is 2.58. The summed E-state index contributed by atoms with van der Waals surface area (Å²) in [6.07, 6.45) is 0.767. The van der Waals surface area contributed by atoms with E-state index in [0.717, 1.165) is 39.1 Å². The molecule has 1 unspecified atom stereocenters. The minimum atomic E-state index is -0.267. The molecule has 2 saturated heterocycles. The fourth-order valence-electron chi connectivity index (χ4n) is 1.99. The third kappa shape index (κ3) is 2.90. The SMILES string of the molecule is O=C(C1CNCCO1)N1CCCNCC1. The van der Waals surface area contributed by atoms with Gasteiger partial charge in [-0.05, 0) is 13.0 Å². The number of hydrogen-bond acceptors (Lipinski definition) is 4. The number of nitrogens with zero attached hydrogens (tertiary/aromatic N) is 1. The van der Waals surface area contributed by atoms with Crippen LogP contribution in [0.15, 0.2) is 0 Å². The van der Waals surface area contributed by atoms with E-state index in [9.17, 15) is 4.79 Å². The van der Waals surface area contributed by atoms with Gasteiger partial charge < -0.3 is 20.3 Å². The maximum Gasteiger partial charge on any atom is 0.253 e. The molecule has 0 spiro atoms. The van der Waals surface area contributed by atoms with Crippen molar-refractivity contribution in [1.29, 1.82) is 0 Å². The van der Waals surface area contributed by atoms with Gasteiger partial charge in [0.1, 0.15) is 6.10 Å². The highest BCUT2D eigenvalue weighted by Gasteiger charge is 2.26. The molecule has 1 atom stereocenters. The van der Waals surface area contributed by atoms with Gasteiger partial charge in [-0.3, -0.25) is 4.79 Å². The molecule has 0 aromatic rings. The summed E-state index contributed by atoms with van der Waals surface area (Å²) >= 11 is 0. The lowest BCUT2D eigenvalue weighted by molar-refractivity contribution is -0.145. The van der Waals surface area contributed by atoms with Crippen molar-refractivity contribution >= 4 is 5.91 Å². The quantitative estimate of drug-likeness (QED) is 0.574. The number of morpholine rings is 1. The number of carbonyl (C=O) groups is 1. The molecule has 0 bridgehead atoms. The molecule has 15 heavy (non-hydrogen) atoms. The second-order valence-corrected chi connectivity index (χ2v) is 3.99.